The number of Topliss-reactive ketones (excluding diaryl/α,β-unsaturated/α-hetero) is 2. The monoisotopic (exact) mass is 392 g/mol. The summed E-state index contributed by atoms with van der Waals surface area (Å²) in [4.78, 5) is 29.3. The number of allylic oxidation sites excluding steroid dienone is 2. The summed E-state index contributed by atoms with van der Waals surface area (Å²) >= 11 is 0. The first-order valence-electron chi connectivity index (χ1n) is 10.1. The number of fused-ring (bicyclic) bond motifs is 1. The average molecular weight is 392 g/mol. The van der Waals surface area contributed by atoms with Crippen LogP contribution in [0.2, 0.25) is 0 Å². The summed E-state index contributed by atoms with van der Waals surface area (Å²) in [5.74, 6) is 0.672. The summed E-state index contributed by atoms with van der Waals surface area (Å²) < 4.78 is 5.30. The number of carbonyl (C=O) groups is 2. The Kier molecular flexibility index (Phi) is 5.43. The molecule has 1 saturated carbocycles. The third kappa shape index (κ3) is 3.79. The summed E-state index contributed by atoms with van der Waals surface area (Å²) in [5.41, 5.74) is 3.19. The zero-order chi connectivity index (χ0) is 20.4. The van der Waals surface area contributed by atoms with Crippen molar-refractivity contribution in [1.82, 2.24) is 5.16 Å². The Morgan fingerprint density at radius 3 is 2.72 bits per heavy atom. The number of aliphatic imine (C=N–C) groups is 1. The van der Waals surface area contributed by atoms with E-state index in [0.717, 1.165) is 12.0 Å². The fourth-order valence-corrected chi connectivity index (χ4v) is 4.30. The van der Waals surface area contributed by atoms with Gasteiger partial charge in [0.15, 0.2) is 11.6 Å². The van der Waals surface area contributed by atoms with Crippen molar-refractivity contribution in [3.63, 3.8) is 0 Å². The van der Waals surface area contributed by atoms with Crippen molar-refractivity contribution in [2.45, 2.75) is 50.9 Å². The van der Waals surface area contributed by atoms with E-state index in [1.54, 1.807) is 7.05 Å². The number of aliphatic hydroxyl groups is 1. The van der Waals surface area contributed by atoms with Crippen LogP contribution >= 0.6 is 0 Å². The molecule has 0 bridgehead atoms. The molecule has 29 heavy (non-hydrogen) atoms. The molecule has 0 saturated heterocycles. The molecule has 2 aliphatic carbocycles. The van der Waals surface area contributed by atoms with Crippen LogP contribution in [-0.4, -0.2) is 34.6 Å². The fourth-order valence-electron chi connectivity index (χ4n) is 4.30. The van der Waals surface area contributed by atoms with Crippen LogP contribution < -0.4 is 0 Å². The number of hydrogen-bond acceptors (Lipinski definition) is 6. The van der Waals surface area contributed by atoms with Gasteiger partial charge in [0.2, 0.25) is 0 Å². The summed E-state index contributed by atoms with van der Waals surface area (Å²) in [6, 6.07) is 9.92. The van der Waals surface area contributed by atoms with Crippen molar-refractivity contribution < 1.29 is 19.2 Å². The van der Waals surface area contributed by atoms with Gasteiger partial charge in [-0.2, -0.15) is 0 Å². The normalized spacial score (nSPS) is 22.7. The molecule has 0 aliphatic heterocycles. The quantitative estimate of drug-likeness (QED) is 0.623. The van der Waals surface area contributed by atoms with E-state index in [2.05, 4.69) is 10.1 Å². The van der Waals surface area contributed by atoms with Crippen LogP contribution in [0.25, 0.3) is 0 Å². The van der Waals surface area contributed by atoms with Crippen LogP contribution in [0.4, 0.5) is 0 Å². The van der Waals surface area contributed by atoms with E-state index in [4.69, 9.17) is 4.52 Å². The van der Waals surface area contributed by atoms with E-state index in [1.165, 1.54) is 0 Å². The Hall–Kier alpha value is -3.02. The van der Waals surface area contributed by atoms with Gasteiger partial charge in [0, 0.05) is 44.9 Å². The zero-order valence-corrected chi connectivity index (χ0v) is 16.5. The van der Waals surface area contributed by atoms with Crippen molar-refractivity contribution in [3.8, 4) is 0 Å². The number of carbonyl (C=O) groups excluding carboxylic acids is 2. The highest BCUT2D eigenvalue weighted by Gasteiger charge is 2.32. The molecule has 1 aromatic heterocycles. The fraction of sp³-hybridized carbons (Fsp3) is 0.391. The minimum Gasteiger partial charge on any atom is -0.511 e. The van der Waals surface area contributed by atoms with Gasteiger partial charge in [0.1, 0.15) is 11.5 Å². The van der Waals surface area contributed by atoms with Crippen molar-refractivity contribution in [1.29, 1.82) is 0 Å². The maximum Gasteiger partial charge on any atom is 0.168 e. The van der Waals surface area contributed by atoms with Crippen LogP contribution in [0.15, 0.2) is 51.2 Å². The molecule has 1 atom stereocenters. The molecule has 0 spiro atoms. The Labute approximate surface area is 169 Å². The Bertz CT molecular complexity index is 1000. The number of aromatic nitrogens is 1. The zero-order valence-electron chi connectivity index (χ0n) is 16.5. The van der Waals surface area contributed by atoms with E-state index in [-0.39, 0.29) is 29.7 Å². The maximum atomic E-state index is 12.8. The van der Waals surface area contributed by atoms with Gasteiger partial charge in [-0.05, 0) is 24.3 Å². The van der Waals surface area contributed by atoms with Gasteiger partial charge in [-0.1, -0.05) is 35.5 Å². The minimum atomic E-state index is -0.0959. The second-order valence-electron chi connectivity index (χ2n) is 7.64. The number of rotatable bonds is 4. The molecule has 1 fully saturated rings. The first-order chi connectivity index (χ1) is 14.1. The predicted octanol–water partition coefficient (Wildman–Crippen LogP) is 4.16. The lowest BCUT2D eigenvalue weighted by Gasteiger charge is -2.25. The Balaban J connectivity index is 1.53. The van der Waals surface area contributed by atoms with Crippen LogP contribution in [-0.2, 0) is 17.6 Å². The van der Waals surface area contributed by atoms with Crippen molar-refractivity contribution in [2.75, 3.05) is 7.05 Å². The molecule has 2 aromatic rings. The van der Waals surface area contributed by atoms with E-state index >= 15 is 0 Å². The average Bonchev–Trinajstić information content (AvgIpc) is 3.16. The Morgan fingerprint density at radius 1 is 1.17 bits per heavy atom. The molecule has 6 heteroatoms. The predicted molar refractivity (Wildman–Crippen MR) is 109 cm³/mol. The van der Waals surface area contributed by atoms with Gasteiger partial charge in [0.05, 0.1) is 16.8 Å². The van der Waals surface area contributed by atoms with Gasteiger partial charge < -0.3 is 9.63 Å². The topological polar surface area (TPSA) is 92.8 Å². The highest BCUT2D eigenvalue weighted by Crippen LogP contribution is 2.34. The summed E-state index contributed by atoms with van der Waals surface area (Å²) in [6.45, 7) is 0. The first-order valence-corrected chi connectivity index (χ1v) is 10.1. The highest BCUT2D eigenvalue weighted by molar-refractivity contribution is 6.24. The molecule has 4 rings (SSSR count). The Morgan fingerprint density at radius 2 is 1.97 bits per heavy atom. The molecule has 2 aliphatic rings. The van der Waals surface area contributed by atoms with Crippen LogP contribution in [0.3, 0.4) is 0 Å². The SMILES string of the molecule is CN=C1CC(c2ccccc2)CC(=O)/C1=C(\O)CCc1noc2c1C(=O)CCC2. The molecule has 1 heterocycles. The minimum absolute atomic E-state index is 0.0159. The van der Waals surface area contributed by atoms with Gasteiger partial charge >= 0.3 is 0 Å². The number of aryl methyl sites for hydroxylation is 2. The smallest absolute Gasteiger partial charge is 0.168 e. The second-order valence-corrected chi connectivity index (χ2v) is 7.64. The van der Waals surface area contributed by atoms with E-state index in [0.29, 0.717) is 60.4 Å². The van der Waals surface area contributed by atoms with Gasteiger partial charge in [0.25, 0.3) is 0 Å². The second kappa shape index (κ2) is 8.15. The lowest BCUT2D eigenvalue weighted by Crippen LogP contribution is -2.26. The van der Waals surface area contributed by atoms with Crippen molar-refractivity contribution in [3.05, 3.63) is 64.2 Å². The van der Waals surface area contributed by atoms with Gasteiger partial charge in [-0.3, -0.25) is 14.6 Å². The third-order valence-electron chi connectivity index (χ3n) is 5.79. The van der Waals surface area contributed by atoms with Gasteiger partial charge in [-0.15, -0.1) is 0 Å². The summed E-state index contributed by atoms with van der Waals surface area (Å²) in [5, 5.41) is 14.7. The highest BCUT2D eigenvalue weighted by atomic mass is 16.5. The standard InChI is InChI=1S/C23H24N2O4/c1-24-17-12-15(14-6-3-2-4-7-14)13-20(28)22(17)19(27)11-10-16-23-18(26)8-5-9-21(23)29-25-16/h2-4,6-7,15,27H,5,8-13H2,1H3/b22-19-,24-17?. The molecular weight excluding hydrogens is 368 g/mol. The van der Waals surface area contributed by atoms with Crippen LogP contribution in [0.5, 0.6) is 0 Å². The number of benzene rings is 1. The van der Waals surface area contributed by atoms with Crippen molar-refractivity contribution >= 4 is 17.3 Å². The number of hydrogen-bond donors (Lipinski definition) is 1. The van der Waals surface area contributed by atoms with Gasteiger partial charge in [-0.25, -0.2) is 0 Å². The molecule has 1 aromatic carbocycles. The number of nitrogens with zero attached hydrogens (tertiary/aromatic N) is 2. The molecular formula is C23H24N2O4. The molecule has 1 N–H and O–H groups in total. The van der Waals surface area contributed by atoms with Crippen LogP contribution in [0.1, 0.15) is 65.4 Å². The van der Waals surface area contributed by atoms with Crippen LogP contribution in [0, 0.1) is 0 Å². The van der Waals surface area contributed by atoms with E-state index in [9.17, 15) is 14.7 Å². The van der Waals surface area contributed by atoms with Crippen molar-refractivity contribution in [2.24, 2.45) is 4.99 Å². The summed E-state index contributed by atoms with van der Waals surface area (Å²) in [6.07, 6.45) is 3.54. The largest absolute Gasteiger partial charge is 0.511 e. The maximum absolute atomic E-state index is 12.8. The number of aliphatic hydroxyl groups excluding tert-OH is 1. The summed E-state index contributed by atoms with van der Waals surface area (Å²) in [7, 11) is 1.65. The lowest BCUT2D eigenvalue weighted by atomic mass is 9.78. The first kappa shape index (κ1) is 19.3. The lowest BCUT2D eigenvalue weighted by molar-refractivity contribution is -0.116. The molecule has 1 unspecified atom stereocenters. The van der Waals surface area contributed by atoms with E-state index < -0.39 is 0 Å². The molecule has 0 radical (unpaired) electrons. The molecule has 150 valence electrons. The number of ketones is 2. The molecule has 6 nitrogen and oxygen atoms in total. The van der Waals surface area contributed by atoms with E-state index in [1.807, 2.05) is 30.3 Å². The third-order valence-corrected chi connectivity index (χ3v) is 5.79. The molecule has 0 amide bonds.